The molecular formula is C22H20N6O3. The summed E-state index contributed by atoms with van der Waals surface area (Å²) in [6.45, 7) is 3.94. The third kappa shape index (κ3) is 4.06. The van der Waals surface area contributed by atoms with E-state index in [4.69, 9.17) is 10.5 Å². The summed E-state index contributed by atoms with van der Waals surface area (Å²) in [4.78, 5) is 32.9. The largest absolute Gasteiger partial charge is 0.456 e. The van der Waals surface area contributed by atoms with Crippen molar-refractivity contribution in [3.05, 3.63) is 77.9 Å². The lowest BCUT2D eigenvalue weighted by atomic mass is 10.0. The highest BCUT2D eigenvalue weighted by atomic mass is 16.5. The Morgan fingerprint density at radius 2 is 1.87 bits per heavy atom. The molecule has 0 aliphatic rings. The van der Waals surface area contributed by atoms with Gasteiger partial charge < -0.3 is 15.8 Å². The first kappa shape index (κ1) is 20.0. The number of benzene rings is 2. The number of hydrogen-bond acceptors (Lipinski definition) is 6. The molecule has 0 spiro atoms. The lowest BCUT2D eigenvalue weighted by molar-refractivity contribution is 0.0995. The van der Waals surface area contributed by atoms with Crippen LogP contribution in [0.25, 0.3) is 5.78 Å². The lowest BCUT2D eigenvalue weighted by Crippen LogP contribution is -2.18. The molecule has 4 aromatic rings. The van der Waals surface area contributed by atoms with Gasteiger partial charge in [-0.1, -0.05) is 32.0 Å². The van der Waals surface area contributed by atoms with Crippen LogP contribution in [0.5, 0.6) is 11.5 Å². The van der Waals surface area contributed by atoms with Crippen molar-refractivity contribution in [1.29, 1.82) is 0 Å². The zero-order chi connectivity index (χ0) is 22.0. The number of primary amides is 1. The first-order valence-electron chi connectivity index (χ1n) is 9.60. The Morgan fingerprint density at radius 3 is 2.65 bits per heavy atom. The first-order valence-corrected chi connectivity index (χ1v) is 9.60. The molecule has 0 bridgehead atoms. The van der Waals surface area contributed by atoms with Gasteiger partial charge in [-0.05, 0) is 30.2 Å². The number of carbonyl (C=O) groups excluding carboxylic acids is 2. The van der Waals surface area contributed by atoms with Crippen LogP contribution in [-0.4, -0.2) is 31.4 Å². The third-order valence-electron chi connectivity index (χ3n) is 4.61. The number of para-hydroxylation sites is 1. The highest BCUT2D eigenvalue weighted by Gasteiger charge is 2.20. The summed E-state index contributed by atoms with van der Waals surface area (Å²) in [6, 6.07) is 13.5. The fraction of sp³-hybridized carbons (Fsp3) is 0.136. The predicted molar refractivity (Wildman–Crippen MR) is 114 cm³/mol. The number of nitrogens with zero attached hydrogens (tertiary/aromatic N) is 4. The zero-order valence-electron chi connectivity index (χ0n) is 16.9. The molecule has 0 radical (unpaired) electrons. The average molecular weight is 416 g/mol. The molecular weight excluding hydrogens is 396 g/mol. The number of nitrogens with two attached hydrogens (primary N) is 1. The van der Waals surface area contributed by atoms with Crippen LogP contribution in [0.3, 0.4) is 0 Å². The van der Waals surface area contributed by atoms with Gasteiger partial charge in [0.2, 0.25) is 0 Å². The van der Waals surface area contributed by atoms with E-state index < -0.39 is 5.91 Å². The van der Waals surface area contributed by atoms with Gasteiger partial charge in [0.15, 0.2) is 0 Å². The van der Waals surface area contributed by atoms with Crippen LogP contribution in [0.4, 0.5) is 5.69 Å². The van der Waals surface area contributed by atoms with Gasteiger partial charge in [-0.2, -0.15) is 10.1 Å². The summed E-state index contributed by atoms with van der Waals surface area (Å²) in [7, 11) is 0. The number of ether oxygens (including phenoxy) is 1. The van der Waals surface area contributed by atoms with Crippen molar-refractivity contribution < 1.29 is 14.3 Å². The molecule has 2 aromatic carbocycles. The van der Waals surface area contributed by atoms with Crippen LogP contribution in [-0.2, 0) is 0 Å². The fourth-order valence-corrected chi connectivity index (χ4v) is 3.25. The van der Waals surface area contributed by atoms with Gasteiger partial charge in [-0.25, -0.2) is 9.50 Å². The molecule has 2 heterocycles. The van der Waals surface area contributed by atoms with Gasteiger partial charge in [0.25, 0.3) is 17.6 Å². The van der Waals surface area contributed by atoms with Crippen LogP contribution in [0.15, 0.2) is 61.1 Å². The molecule has 0 saturated carbocycles. The van der Waals surface area contributed by atoms with E-state index in [0.717, 1.165) is 0 Å². The average Bonchev–Trinajstić information content (AvgIpc) is 3.22. The summed E-state index contributed by atoms with van der Waals surface area (Å²) in [5, 5.41) is 7.04. The molecule has 31 heavy (non-hydrogen) atoms. The highest BCUT2D eigenvalue weighted by Crippen LogP contribution is 2.27. The van der Waals surface area contributed by atoms with Crippen LogP contribution < -0.4 is 15.8 Å². The normalized spacial score (nSPS) is 10.9. The SMILES string of the molecule is CC(C)c1c(C(=O)Nc2cccc(Oc3ccccc3C(N)=O)c2)cnc2ncnn12. The van der Waals surface area contributed by atoms with E-state index >= 15 is 0 Å². The number of nitrogens with one attached hydrogen (secondary N) is 1. The van der Waals surface area contributed by atoms with Crippen molar-refractivity contribution in [2.45, 2.75) is 19.8 Å². The lowest BCUT2D eigenvalue weighted by Gasteiger charge is -2.14. The summed E-state index contributed by atoms with van der Waals surface area (Å²) in [6.07, 6.45) is 2.90. The molecule has 0 aliphatic heterocycles. The number of rotatable bonds is 6. The van der Waals surface area contributed by atoms with Crippen LogP contribution >= 0.6 is 0 Å². The molecule has 0 saturated heterocycles. The Bertz CT molecular complexity index is 1280. The van der Waals surface area contributed by atoms with Crippen molar-refractivity contribution in [3.8, 4) is 11.5 Å². The van der Waals surface area contributed by atoms with E-state index in [-0.39, 0.29) is 17.4 Å². The smallest absolute Gasteiger partial charge is 0.259 e. The second-order valence-corrected chi connectivity index (χ2v) is 7.13. The molecule has 9 nitrogen and oxygen atoms in total. The highest BCUT2D eigenvalue weighted by molar-refractivity contribution is 6.05. The Balaban J connectivity index is 1.60. The maximum absolute atomic E-state index is 13.0. The molecule has 9 heteroatoms. The number of amides is 2. The molecule has 156 valence electrons. The summed E-state index contributed by atoms with van der Waals surface area (Å²) >= 11 is 0. The minimum atomic E-state index is -0.586. The molecule has 0 atom stereocenters. The molecule has 0 aliphatic carbocycles. The number of anilines is 1. The van der Waals surface area contributed by atoms with Gasteiger partial charge in [-0.15, -0.1) is 0 Å². The second-order valence-electron chi connectivity index (χ2n) is 7.13. The third-order valence-corrected chi connectivity index (χ3v) is 4.61. The molecule has 0 fully saturated rings. The molecule has 2 amide bonds. The molecule has 4 rings (SSSR count). The maximum atomic E-state index is 13.0. The summed E-state index contributed by atoms with van der Waals surface area (Å²) in [5.41, 5.74) is 7.31. The van der Waals surface area contributed by atoms with E-state index in [1.807, 2.05) is 13.8 Å². The minimum Gasteiger partial charge on any atom is -0.456 e. The first-order chi connectivity index (χ1) is 14.9. The molecule has 3 N–H and O–H groups in total. The van der Waals surface area contributed by atoms with Crippen molar-refractivity contribution in [3.63, 3.8) is 0 Å². The molecule has 0 unspecified atom stereocenters. The number of carbonyl (C=O) groups is 2. The number of aromatic nitrogens is 4. The Labute approximate surface area is 177 Å². The quantitative estimate of drug-likeness (QED) is 0.496. The second kappa shape index (κ2) is 8.23. The topological polar surface area (TPSA) is 124 Å². The van der Waals surface area contributed by atoms with Crippen molar-refractivity contribution in [2.24, 2.45) is 5.73 Å². The van der Waals surface area contributed by atoms with E-state index in [1.165, 1.54) is 12.5 Å². The van der Waals surface area contributed by atoms with Gasteiger partial charge in [0, 0.05) is 18.0 Å². The summed E-state index contributed by atoms with van der Waals surface area (Å²) in [5.74, 6) is 0.319. The molecule has 2 aromatic heterocycles. The fourth-order valence-electron chi connectivity index (χ4n) is 3.25. The van der Waals surface area contributed by atoms with Crippen LogP contribution in [0.1, 0.15) is 46.2 Å². The summed E-state index contributed by atoms with van der Waals surface area (Å²) < 4.78 is 7.39. The van der Waals surface area contributed by atoms with Gasteiger partial charge in [0.1, 0.15) is 17.8 Å². The van der Waals surface area contributed by atoms with Gasteiger partial charge in [-0.3, -0.25) is 9.59 Å². The zero-order valence-corrected chi connectivity index (χ0v) is 16.9. The Morgan fingerprint density at radius 1 is 1.06 bits per heavy atom. The number of hydrogen-bond donors (Lipinski definition) is 2. The van der Waals surface area contributed by atoms with Crippen molar-refractivity contribution in [1.82, 2.24) is 19.6 Å². The van der Waals surface area contributed by atoms with Gasteiger partial charge >= 0.3 is 0 Å². The van der Waals surface area contributed by atoms with Crippen molar-refractivity contribution >= 4 is 23.3 Å². The van der Waals surface area contributed by atoms with Crippen LogP contribution in [0.2, 0.25) is 0 Å². The van der Waals surface area contributed by atoms with Crippen molar-refractivity contribution in [2.75, 3.05) is 5.32 Å². The van der Waals surface area contributed by atoms with E-state index in [1.54, 1.807) is 53.0 Å². The monoisotopic (exact) mass is 416 g/mol. The maximum Gasteiger partial charge on any atom is 0.259 e. The van der Waals surface area contributed by atoms with Crippen LogP contribution in [0, 0.1) is 0 Å². The van der Waals surface area contributed by atoms with E-state index in [9.17, 15) is 9.59 Å². The van der Waals surface area contributed by atoms with E-state index in [2.05, 4.69) is 20.4 Å². The predicted octanol–water partition coefficient (Wildman–Crippen LogP) is 3.39. The van der Waals surface area contributed by atoms with E-state index in [0.29, 0.717) is 34.2 Å². The van der Waals surface area contributed by atoms with Gasteiger partial charge in [0.05, 0.1) is 16.8 Å². The Kier molecular flexibility index (Phi) is 5.31. The number of fused-ring (bicyclic) bond motifs is 1. The minimum absolute atomic E-state index is 0.0212. The Hall–Kier alpha value is -4.27. The standard InChI is InChI=1S/C22H20N6O3/c1-13(2)19-17(11-24-22-25-12-26-28(19)22)21(30)27-14-6-5-7-15(10-14)31-18-9-4-3-8-16(18)20(23)29/h3-13H,1-2H3,(H2,23,29)(H,27,30).